The fourth-order valence-electron chi connectivity index (χ4n) is 3.12. The number of nitrogens with one attached hydrogen (secondary N) is 1. The Labute approximate surface area is 131 Å². The first-order chi connectivity index (χ1) is 10.6. The van der Waals surface area contributed by atoms with Gasteiger partial charge in [0.25, 0.3) is 5.91 Å². The maximum absolute atomic E-state index is 12.3. The first kappa shape index (κ1) is 14.8. The molecule has 0 bridgehead atoms. The molecular weight excluding hydrogens is 274 g/mol. The summed E-state index contributed by atoms with van der Waals surface area (Å²) < 4.78 is 1.81. The molecule has 0 saturated heterocycles. The Balaban J connectivity index is 1.64. The number of aryl methyl sites for hydroxylation is 1. The lowest BCUT2D eigenvalue weighted by Gasteiger charge is -2.25. The van der Waals surface area contributed by atoms with Crippen LogP contribution in [0.1, 0.15) is 60.1 Å². The minimum atomic E-state index is -0.0324. The Morgan fingerprint density at radius 3 is 3.00 bits per heavy atom. The van der Waals surface area contributed by atoms with Gasteiger partial charge in [-0.3, -0.25) is 9.48 Å². The van der Waals surface area contributed by atoms with Crippen molar-refractivity contribution in [1.29, 1.82) is 0 Å². The molecule has 0 aliphatic heterocycles. The molecule has 1 amide bonds. The fourth-order valence-corrected chi connectivity index (χ4v) is 3.12. The number of amides is 1. The molecule has 1 atom stereocenters. The third kappa shape index (κ3) is 3.06. The number of fused-ring (bicyclic) bond motifs is 1. The van der Waals surface area contributed by atoms with Gasteiger partial charge >= 0.3 is 0 Å². The van der Waals surface area contributed by atoms with Crippen molar-refractivity contribution in [3.8, 4) is 0 Å². The minimum absolute atomic E-state index is 0.0324. The molecular formula is C18H23N3O. The van der Waals surface area contributed by atoms with E-state index in [9.17, 15) is 4.79 Å². The van der Waals surface area contributed by atoms with E-state index in [1.807, 2.05) is 24.7 Å². The highest BCUT2D eigenvalue weighted by Crippen LogP contribution is 2.30. The Hall–Kier alpha value is -2.10. The lowest BCUT2D eigenvalue weighted by Crippen LogP contribution is -2.29. The minimum Gasteiger partial charge on any atom is -0.351 e. The number of carbonyl (C=O) groups excluding carboxylic acids is 1. The van der Waals surface area contributed by atoms with Crippen molar-refractivity contribution >= 4 is 5.91 Å². The predicted molar refractivity (Wildman–Crippen MR) is 87.1 cm³/mol. The van der Waals surface area contributed by atoms with E-state index in [-0.39, 0.29) is 11.9 Å². The maximum Gasteiger partial charge on any atom is 0.254 e. The Morgan fingerprint density at radius 2 is 2.23 bits per heavy atom. The maximum atomic E-state index is 12.3. The normalized spacial score (nSPS) is 17.3. The second kappa shape index (κ2) is 6.34. The lowest BCUT2D eigenvalue weighted by atomic mass is 9.83. The van der Waals surface area contributed by atoms with Crippen LogP contribution < -0.4 is 5.32 Å². The summed E-state index contributed by atoms with van der Waals surface area (Å²) in [6.45, 7) is 4.80. The molecule has 1 heterocycles. The molecule has 0 radical (unpaired) electrons. The van der Waals surface area contributed by atoms with Gasteiger partial charge < -0.3 is 5.32 Å². The number of hydrogen-bond donors (Lipinski definition) is 1. The molecule has 4 heteroatoms. The standard InChI is InChI=1S/C18H23N3O/c1-13(2)21-12-16(11-20-21)18(22)19-10-15-8-5-7-14-6-3-4-9-17(14)15/h3-4,6,9,11-13,15H,5,7-8,10H2,1-2H3,(H,19,22). The molecule has 2 aromatic rings. The number of nitrogens with zero attached hydrogens (tertiary/aromatic N) is 2. The van der Waals surface area contributed by atoms with E-state index >= 15 is 0 Å². The van der Waals surface area contributed by atoms with Crippen molar-refractivity contribution < 1.29 is 4.79 Å². The Morgan fingerprint density at radius 1 is 1.41 bits per heavy atom. The van der Waals surface area contributed by atoms with Gasteiger partial charge in [-0.2, -0.15) is 5.10 Å². The molecule has 0 saturated carbocycles. The largest absolute Gasteiger partial charge is 0.351 e. The summed E-state index contributed by atoms with van der Waals surface area (Å²) in [6, 6.07) is 8.86. The van der Waals surface area contributed by atoms with Gasteiger partial charge in [0, 0.05) is 24.7 Å². The summed E-state index contributed by atoms with van der Waals surface area (Å²) in [5.41, 5.74) is 3.46. The van der Waals surface area contributed by atoms with Crippen LogP contribution in [0.25, 0.3) is 0 Å². The zero-order valence-electron chi connectivity index (χ0n) is 13.2. The molecule has 3 rings (SSSR count). The van der Waals surface area contributed by atoms with Crippen LogP contribution in [0, 0.1) is 0 Å². The first-order valence-electron chi connectivity index (χ1n) is 8.05. The number of carbonyl (C=O) groups is 1. The van der Waals surface area contributed by atoms with Crippen molar-refractivity contribution in [2.45, 2.75) is 45.1 Å². The van der Waals surface area contributed by atoms with Crippen LogP contribution in [0.15, 0.2) is 36.7 Å². The molecule has 1 N–H and O–H groups in total. The highest BCUT2D eigenvalue weighted by molar-refractivity contribution is 5.93. The monoisotopic (exact) mass is 297 g/mol. The Kier molecular flexibility index (Phi) is 4.27. The summed E-state index contributed by atoms with van der Waals surface area (Å²) >= 11 is 0. The zero-order valence-corrected chi connectivity index (χ0v) is 13.2. The second-order valence-electron chi connectivity index (χ2n) is 6.30. The van der Waals surface area contributed by atoms with Crippen LogP contribution in [0.5, 0.6) is 0 Å². The molecule has 0 fully saturated rings. The van der Waals surface area contributed by atoms with Crippen LogP contribution in [0.2, 0.25) is 0 Å². The molecule has 22 heavy (non-hydrogen) atoms. The third-order valence-corrected chi connectivity index (χ3v) is 4.40. The average molecular weight is 297 g/mol. The first-order valence-corrected chi connectivity index (χ1v) is 8.05. The van der Waals surface area contributed by atoms with Crippen molar-refractivity contribution in [3.63, 3.8) is 0 Å². The topological polar surface area (TPSA) is 46.9 Å². The van der Waals surface area contributed by atoms with Gasteiger partial charge in [-0.15, -0.1) is 0 Å². The SMILES string of the molecule is CC(C)n1cc(C(=O)NCC2CCCc3ccccc32)cn1. The van der Waals surface area contributed by atoms with E-state index in [0.29, 0.717) is 18.0 Å². The van der Waals surface area contributed by atoms with Crippen LogP contribution in [0.4, 0.5) is 0 Å². The molecule has 1 aromatic carbocycles. The Bertz CT molecular complexity index is 660. The summed E-state index contributed by atoms with van der Waals surface area (Å²) in [5, 5.41) is 7.29. The van der Waals surface area contributed by atoms with Gasteiger partial charge in [0.05, 0.1) is 11.8 Å². The van der Waals surface area contributed by atoms with E-state index in [4.69, 9.17) is 0 Å². The highest BCUT2D eigenvalue weighted by atomic mass is 16.1. The summed E-state index contributed by atoms with van der Waals surface area (Å²) in [4.78, 5) is 12.3. The van der Waals surface area contributed by atoms with Gasteiger partial charge in [-0.05, 0) is 44.2 Å². The number of aromatic nitrogens is 2. The van der Waals surface area contributed by atoms with Crippen molar-refractivity contribution in [2.24, 2.45) is 0 Å². The fraction of sp³-hybridized carbons (Fsp3) is 0.444. The predicted octanol–water partition coefficient (Wildman–Crippen LogP) is 3.31. The van der Waals surface area contributed by atoms with Gasteiger partial charge in [-0.25, -0.2) is 0 Å². The van der Waals surface area contributed by atoms with Crippen molar-refractivity contribution in [1.82, 2.24) is 15.1 Å². The number of rotatable bonds is 4. The average Bonchev–Trinajstić information content (AvgIpc) is 3.03. The van der Waals surface area contributed by atoms with Crippen LogP contribution >= 0.6 is 0 Å². The van der Waals surface area contributed by atoms with Crippen molar-refractivity contribution in [3.05, 3.63) is 53.3 Å². The molecule has 1 aliphatic rings. The van der Waals surface area contributed by atoms with Crippen LogP contribution in [-0.4, -0.2) is 22.2 Å². The lowest BCUT2D eigenvalue weighted by molar-refractivity contribution is 0.0950. The quantitative estimate of drug-likeness (QED) is 0.941. The summed E-state index contributed by atoms with van der Waals surface area (Å²) in [6.07, 6.45) is 6.95. The van der Waals surface area contributed by atoms with E-state index in [0.717, 1.165) is 12.8 Å². The number of hydrogen-bond acceptors (Lipinski definition) is 2. The van der Waals surface area contributed by atoms with Gasteiger partial charge in [0.1, 0.15) is 0 Å². The van der Waals surface area contributed by atoms with E-state index in [1.54, 1.807) is 6.20 Å². The van der Waals surface area contributed by atoms with Crippen LogP contribution in [0.3, 0.4) is 0 Å². The molecule has 1 aliphatic carbocycles. The molecule has 1 unspecified atom stereocenters. The van der Waals surface area contributed by atoms with Crippen LogP contribution in [-0.2, 0) is 6.42 Å². The summed E-state index contributed by atoms with van der Waals surface area (Å²) in [5.74, 6) is 0.393. The van der Waals surface area contributed by atoms with E-state index < -0.39 is 0 Å². The zero-order chi connectivity index (χ0) is 15.5. The molecule has 116 valence electrons. The smallest absolute Gasteiger partial charge is 0.254 e. The summed E-state index contributed by atoms with van der Waals surface area (Å²) in [7, 11) is 0. The van der Waals surface area contributed by atoms with Gasteiger partial charge in [0.2, 0.25) is 0 Å². The third-order valence-electron chi connectivity index (χ3n) is 4.40. The molecule has 4 nitrogen and oxygen atoms in total. The van der Waals surface area contributed by atoms with Crippen molar-refractivity contribution in [2.75, 3.05) is 6.54 Å². The van der Waals surface area contributed by atoms with Gasteiger partial charge in [-0.1, -0.05) is 24.3 Å². The van der Waals surface area contributed by atoms with E-state index in [2.05, 4.69) is 34.7 Å². The highest BCUT2D eigenvalue weighted by Gasteiger charge is 2.20. The second-order valence-corrected chi connectivity index (χ2v) is 6.30. The molecule has 1 aromatic heterocycles. The molecule has 0 spiro atoms. The number of benzene rings is 1. The van der Waals surface area contributed by atoms with E-state index in [1.165, 1.54) is 17.5 Å². The van der Waals surface area contributed by atoms with Gasteiger partial charge in [0.15, 0.2) is 0 Å².